The van der Waals surface area contributed by atoms with Gasteiger partial charge in [0.15, 0.2) is 0 Å². The van der Waals surface area contributed by atoms with E-state index in [1.807, 2.05) is 0 Å². The van der Waals surface area contributed by atoms with Crippen molar-refractivity contribution in [1.29, 1.82) is 0 Å². The van der Waals surface area contributed by atoms with Gasteiger partial charge in [0.2, 0.25) is 0 Å². The van der Waals surface area contributed by atoms with Crippen molar-refractivity contribution in [2.75, 3.05) is 0 Å². The molecule has 1 unspecified atom stereocenters. The van der Waals surface area contributed by atoms with Crippen molar-refractivity contribution in [2.45, 2.75) is 57.5 Å². The fraction of sp³-hybridized carbons (Fsp3) is 0.818. The molecule has 68 valence electrons. The summed E-state index contributed by atoms with van der Waals surface area (Å²) in [5.41, 5.74) is 0. The second-order valence-corrected chi connectivity index (χ2v) is 3.66. The molecule has 0 saturated heterocycles. The van der Waals surface area contributed by atoms with Gasteiger partial charge in [0.25, 0.3) is 0 Å². The van der Waals surface area contributed by atoms with Crippen molar-refractivity contribution in [3.05, 3.63) is 0 Å². The van der Waals surface area contributed by atoms with Gasteiger partial charge in [-0.2, -0.15) is 0 Å². The molecule has 1 heteroatoms. The second kappa shape index (κ2) is 5.22. The van der Waals surface area contributed by atoms with Crippen LogP contribution in [0.15, 0.2) is 0 Å². The molecule has 0 aromatic heterocycles. The monoisotopic (exact) mass is 165 g/mol. The maximum Gasteiger partial charge on any atom is 0.0240 e. The van der Waals surface area contributed by atoms with Crippen LogP contribution in [0.1, 0.15) is 45.4 Å². The lowest BCUT2D eigenvalue weighted by Gasteiger charge is -2.19. The number of terminal acetylenes is 1. The smallest absolute Gasteiger partial charge is 0.0240 e. The summed E-state index contributed by atoms with van der Waals surface area (Å²) in [6, 6.07) is 1.31. The minimum absolute atomic E-state index is 0.554. The molecule has 1 aliphatic rings. The average molecular weight is 165 g/mol. The van der Waals surface area contributed by atoms with Gasteiger partial charge in [-0.25, -0.2) is 0 Å². The van der Waals surface area contributed by atoms with Crippen LogP contribution in [0.2, 0.25) is 0 Å². The Bertz CT molecular complexity index is 151. The molecular weight excluding hydrogens is 146 g/mol. The van der Waals surface area contributed by atoms with Crippen LogP contribution in [0.5, 0.6) is 0 Å². The molecule has 0 bridgehead atoms. The number of hydrogen-bond acceptors (Lipinski definition) is 1. The predicted octanol–water partition coefficient (Wildman–Crippen LogP) is 2.32. The van der Waals surface area contributed by atoms with Gasteiger partial charge >= 0.3 is 0 Å². The van der Waals surface area contributed by atoms with E-state index in [1.54, 1.807) is 0 Å². The first-order valence-corrected chi connectivity index (χ1v) is 5.06. The summed E-state index contributed by atoms with van der Waals surface area (Å²) in [7, 11) is 0. The SMILES string of the molecule is C#CCC(CC)NC1CCCC1. The molecule has 1 fully saturated rings. The van der Waals surface area contributed by atoms with Gasteiger partial charge in [0.05, 0.1) is 0 Å². The van der Waals surface area contributed by atoms with Gasteiger partial charge < -0.3 is 5.32 Å². The highest BCUT2D eigenvalue weighted by Crippen LogP contribution is 2.18. The zero-order valence-corrected chi connectivity index (χ0v) is 7.97. The lowest BCUT2D eigenvalue weighted by atomic mass is 10.1. The fourth-order valence-electron chi connectivity index (χ4n) is 1.89. The van der Waals surface area contributed by atoms with Crippen LogP contribution in [0.4, 0.5) is 0 Å². The summed E-state index contributed by atoms with van der Waals surface area (Å²) in [6.45, 7) is 2.20. The lowest BCUT2D eigenvalue weighted by molar-refractivity contribution is 0.425. The van der Waals surface area contributed by atoms with E-state index in [4.69, 9.17) is 6.42 Å². The summed E-state index contributed by atoms with van der Waals surface area (Å²) in [6.07, 6.45) is 12.8. The zero-order chi connectivity index (χ0) is 8.81. The Labute approximate surface area is 75.9 Å². The molecule has 0 spiro atoms. The van der Waals surface area contributed by atoms with Crippen molar-refractivity contribution < 1.29 is 0 Å². The van der Waals surface area contributed by atoms with E-state index < -0.39 is 0 Å². The van der Waals surface area contributed by atoms with E-state index in [2.05, 4.69) is 18.2 Å². The normalized spacial score (nSPS) is 20.7. The van der Waals surface area contributed by atoms with Crippen molar-refractivity contribution in [3.63, 3.8) is 0 Å². The molecule has 0 aromatic rings. The van der Waals surface area contributed by atoms with Gasteiger partial charge in [-0.15, -0.1) is 12.3 Å². The zero-order valence-electron chi connectivity index (χ0n) is 7.97. The maximum absolute atomic E-state index is 5.29. The Morgan fingerprint density at radius 2 is 2.17 bits per heavy atom. The Kier molecular flexibility index (Phi) is 4.18. The van der Waals surface area contributed by atoms with Crippen molar-refractivity contribution in [3.8, 4) is 12.3 Å². The van der Waals surface area contributed by atoms with Gasteiger partial charge in [-0.05, 0) is 19.3 Å². The van der Waals surface area contributed by atoms with Crippen molar-refractivity contribution in [2.24, 2.45) is 0 Å². The van der Waals surface area contributed by atoms with Crippen molar-refractivity contribution >= 4 is 0 Å². The summed E-state index contributed by atoms with van der Waals surface area (Å²) in [4.78, 5) is 0. The van der Waals surface area contributed by atoms with Crippen LogP contribution in [-0.4, -0.2) is 12.1 Å². The summed E-state index contributed by atoms with van der Waals surface area (Å²) in [5.74, 6) is 2.73. The van der Waals surface area contributed by atoms with Crippen LogP contribution < -0.4 is 5.32 Å². The molecule has 0 amide bonds. The molecular formula is C11H19N. The Balaban J connectivity index is 2.21. The fourth-order valence-corrected chi connectivity index (χ4v) is 1.89. The summed E-state index contributed by atoms with van der Waals surface area (Å²) < 4.78 is 0. The Morgan fingerprint density at radius 1 is 1.50 bits per heavy atom. The molecule has 12 heavy (non-hydrogen) atoms. The number of nitrogens with one attached hydrogen (secondary N) is 1. The molecule has 1 nitrogen and oxygen atoms in total. The van der Waals surface area contributed by atoms with Gasteiger partial charge in [0, 0.05) is 18.5 Å². The molecule has 0 aliphatic heterocycles. The molecule has 0 aromatic carbocycles. The van der Waals surface area contributed by atoms with Gasteiger partial charge in [-0.1, -0.05) is 19.8 Å². The van der Waals surface area contributed by atoms with Gasteiger partial charge in [0.1, 0.15) is 0 Å². The topological polar surface area (TPSA) is 12.0 Å². The minimum Gasteiger partial charge on any atom is -0.310 e. The Hall–Kier alpha value is -0.480. The number of rotatable bonds is 4. The van der Waals surface area contributed by atoms with Crippen molar-refractivity contribution in [1.82, 2.24) is 5.32 Å². The third kappa shape index (κ3) is 2.87. The first kappa shape index (κ1) is 9.61. The summed E-state index contributed by atoms with van der Waals surface area (Å²) in [5, 5.41) is 3.62. The van der Waals surface area contributed by atoms with Crippen LogP contribution in [0.3, 0.4) is 0 Å². The third-order valence-corrected chi connectivity index (χ3v) is 2.68. The summed E-state index contributed by atoms with van der Waals surface area (Å²) >= 11 is 0. The van der Waals surface area contributed by atoms with E-state index in [0.717, 1.165) is 18.9 Å². The quantitative estimate of drug-likeness (QED) is 0.630. The second-order valence-electron chi connectivity index (χ2n) is 3.66. The first-order valence-electron chi connectivity index (χ1n) is 5.06. The van der Waals surface area contributed by atoms with E-state index >= 15 is 0 Å². The molecule has 0 heterocycles. The van der Waals surface area contributed by atoms with E-state index in [-0.39, 0.29) is 0 Å². The van der Waals surface area contributed by atoms with Crippen LogP contribution in [-0.2, 0) is 0 Å². The lowest BCUT2D eigenvalue weighted by Crippen LogP contribution is -2.35. The van der Waals surface area contributed by atoms with E-state index in [0.29, 0.717) is 6.04 Å². The molecule has 1 aliphatic carbocycles. The third-order valence-electron chi connectivity index (χ3n) is 2.68. The molecule has 0 radical (unpaired) electrons. The largest absolute Gasteiger partial charge is 0.310 e. The molecule has 1 N–H and O–H groups in total. The number of hydrogen-bond donors (Lipinski definition) is 1. The van der Waals surface area contributed by atoms with Crippen LogP contribution in [0, 0.1) is 12.3 Å². The minimum atomic E-state index is 0.554. The maximum atomic E-state index is 5.29. The molecule has 1 rings (SSSR count). The van der Waals surface area contributed by atoms with E-state index in [1.165, 1.54) is 25.7 Å². The standard InChI is InChI=1S/C11H19N/c1-3-7-10(4-2)12-11-8-5-6-9-11/h1,10-12H,4-9H2,2H3. The Morgan fingerprint density at radius 3 is 2.67 bits per heavy atom. The first-order chi connectivity index (χ1) is 5.86. The highest BCUT2D eigenvalue weighted by Gasteiger charge is 2.17. The van der Waals surface area contributed by atoms with E-state index in [9.17, 15) is 0 Å². The highest BCUT2D eigenvalue weighted by atomic mass is 14.9. The predicted molar refractivity (Wildman–Crippen MR) is 52.9 cm³/mol. The molecule has 1 saturated carbocycles. The van der Waals surface area contributed by atoms with Crippen LogP contribution >= 0.6 is 0 Å². The highest BCUT2D eigenvalue weighted by molar-refractivity contribution is 4.91. The van der Waals surface area contributed by atoms with Gasteiger partial charge in [-0.3, -0.25) is 0 Å². The van der Waals surface area contributed by atoms with Crippen LogP contribution in [0.25, 0.3) is 0 Å². The molecule has 1 atom stereocenters. The average Bonchev–Trinajstić information content (AvgIpc) is 2.56.